The molecule has 0 atom stereocenters. The Labute approximate surface area is 84.8 Å². The molecule has 1 rings (SSSR count). The van der Waals surface area contributed by atoms with E-state index < -0.39 is 6.29 Å². The third-order valence-corrected chi connectivity index (χ3v) is 1.44. The van der Waals surface area contributed by atoms with Crippen molar-refractivity contribution in [3.05, 3.63) is 35.9 Å². The summed E-state index contributed by atoms with van der Waals surface area (Å²) < 4.78 is 0. The Morgan fingerprint density at radius 2 is 1.53 bits per heavy atom. The summed E-state index contributed by atoms with van der Waals surface area (Å²) in [4.78, 5) is 28.8. The van der Waals surface area contributed by atoms with E-state index in [9.17, 15) is 9.59 Å². The van der Waals surface area contributed by atoms with Gasteiger partial charge in [0.25, 0.3) is 12.2 Å². The molecule has 0 radical (unpaired) electrons. The first-order chi connectivity index (χ1) is 7.38. The van der Waals surface area contributed by atoms with E-state index in [1.165, 1.54) is 12.2 Å². The second kappa shape index (κ2) is 6.10. The van der Waals surface area contributed by atoms with Crippen LogP contribution in [-0.2, 0) is 19.3 Å². The van der Waals surface area contributed by atoms with E-state index in [4.69, 9.17) is 0 Å². The number of nitrogens with zero attached hydrogens (tertiary/aromatic N) is 2. The van der Waals surface area contributed by atoms with Gasteiger partial charge in [-0.05, 0) is 0 Å². The van der Waals surface area contributed by atoms with Crippen LogP contribution in [-0.4, -0.2) is 12.2 Å². The third kappa shape index (κ3) is 3.44. The highest BCUT2D eigenvalue weighted by molar-refractivity contribution is 5.32. The summed E-state index contributed by atoms with van der Waals surface area (Å²) in [6.45, 7) is 0. The Morgan fingerprint density at radius 3 is 2.00 bits per heavy atom. The number of hydrogen-bond acceptors (Lipinski definition) is 6. The first-order valence-electron chi connectivity index (χ1n) is 3.89. The van der Waals surface area contributed by atoms with Crippen molar-refractivity contribution < 1.29 is 19.3 Å². The molecule has 0 aliphatic rings. The van der Waals surface area contributed by atoms with Gasteiger partial charge in [-0.25, -0.2) is 9.59 Å². The number of isocyanates is 2. The van der Waals surface area contributed by atoms with E-state index in [2.05, 4.69) is 20.0 Å². The van der Waals surface area contributed by atoms with Crippen LogP contribution in [0.1, 0.15) is 11.9 Å². The minimum Gasteiger partial charge on any atom is -0.333 e. The lowest BCUT2D eigenvalue weighted by molar-refractivity contribution is -0.146. The molecule has 0 aliphatic heterocycles. The lowest BCUT2D eigenvalue weighted by Crippen LogP contribution is -2.02. The number of rotatable bonds is 5. The van der Waals surface area contributed by atoms with E-state index in [-0.39, 0.29) is 0 Å². The summed E-state index contributed by atoms with van der Waals surface area (Å²) in [5.74, 6) is 0. The normalized spacial score (nSPS) is 10.4. The molecule has 6 nitrogen and oxygen atoms in total. The van der Waals surface area contributed by atoms with Crippen LogP contribution in [0.2, 0.25) is 0 Å². The van der Waals surface area contributed by atoms with E-state index in [0.717, 1.165) is 0 Å². The Bertz CT molecular complexity index is 374. The third-order valence-electron chi connectivity index (χ3n) is 1.44. The molecule has 0 fully saturated rings. The fourth-order valence-corrected chi connectivity index (χ4v) is 0.890. The summed E-state index contributed by atoms with van der Waals surface area (Å²) >= 11 is 0. The van der Waals surface area contributed by atoms with Crippen LogP contribution in [0.15, 0.2) is 40.6 Å². The predicted molar refractivity (Wildman–Crippen MR) is 47.6 cm³/mol. The Balaban J connectivity index is 2.79. The average Bonchev–Trinajstić information content (AvgIpc) is 2.30. The Kier molecular flexibility index (Phi) is 4.33. The molecule has 0 saturated carbocycles. The van der Waals surface area contributed by atoms with Crippen LogP contribution in [0.5, 0.6) is 0 Å². The van der Waals surface area contributed by atoms with Gasteiger partial charge in [0, 0.05) is 15.9 Å². The minimum atomic E-state index is -1.06. The van der Waals surface area contributed by atoms with E-state index in [0.29, 0.717) is 5.56 Å². The van der Waals surface area contributed by atoms with Gasteiger partial charge in [0.05, 0.1) is 0 Å². The minimum absolute atomic E-state index is 0.551. The molecule has 0 bridgehead atoms. The van der Waals surface area contributed by atoms with Gasteiger partial charge in [0.1, 0.15) is 0 Å². The molecular formula is C9H6N2O4. The van der Waals surface area contributed by atoms with Crippen LogP contribution in [0.4, 0.5) is 0 Å². The summed E-state index contributed by atoms with van der Waals surface area (Å²) in [7, 11) is 0. The zero-order valence-corrected chi connectivity index (χ0v) is 7.49. The van der Waals surface area contributed by atoms with Crippen molar-refractivity contribution in [3.63, 3.8) is 0 Å². The zero-order chi connectivity index (χ0) is 10.9. The van der Waals surface area contributed by atoms with Crippen molar-refractivity contribution in [2.75, 3.05) is 0 Å². The molecule has 0 amide bonds. The summed E-state index contributed by atoms with van der Waals surface area (Å²) in [6.07, 6.45) is 1.29. The SMILES string of the molecule is O=C=NOC(ON=C=O)c1ccccc1. The first-order valence-corrected chi connectivity index (χ1v) is 3.89. The van der Waals surface area contributed by atoms with E-state index in [1.807, 2.05) is 0 Å². The molecule has 6 heteroatoms. The van der Waals surface area contributed by atoms with Crippen molar-refractivity contribution in [3.8, 4) is 0 Å². The maximum atomic E-state index is 9.83. The second-order valence-electron chi connectivity index (χ2n) is 2.32. The lowest BCUT2D eigenvalue weighted by Gasteiger charge is -2.09. The molecule has 15 heavy (non-hydrogen) atoms. The monoisotopic (exact) mass is 206 g/mol. The molecule has 0 unspecified atom stereocenters. The van der Waals surface area contributed by atoms with Gasteiger partial charge in [-0.15, -0.1) is 0 Å². The van der Waals surface area contributed by atoms with Crippen molar-refractivity contribution in [2.45, 2.75) is 6.29 Å². The average molecular weight is 206 g/mol. The van der Waals surface area contributed by atoms with Gasteiger partial charge in [-0.1, -0.05) is 30.3 Å². The van der Waals surface area contributed by atoms with Gasteiger partial charge in [-0.3, -0.25) is 0 Å². The molecule has 1 aromatic carbocycles. The van der Waals surface area contributed by atoms with Crippen molar-refractivity contribution in [1.82, 2.24) is 0 Å². The van der Waals surface area contributed by atoms with Gasteiger partial charge in [0.15, 0.2) is 0 Å². The van der Waals surface area contributed by atoms with E-state index >= 15 is 0 Å². The van der Waals surface area contributed by atoms with Crippen LogP contribution < -0.4 is 0 Å². The van der Waals surface area contributed by atoms with Gasteiger partial charge in [-0.2, -0.15) is 0 Å². The van der Waals surface area contributed by atoms with Crippen molar-refractivity contribution in [1.29, 1.82) is 0 Å². The molecule has 0 saturated heterocycles. The first kappa shape index (κ1) is 10.7. The highest BCUT2D eigenvalue weighted by Crippen LogP contribution is 2.18. The fraction of sp³-hybridized carbons (Fsp3) is 0.111. The number of carbonyl (C=O) groups excluding carboxylic acids is 2. The Morgan fingerprint density at radius 1 is 1.00 bits per heavy atom. The second-order valence-corrected chi connectivity index (χ2v) is 2.32. The van der Waals surface area contributed by atoms with Crippen LogP contribution >= 0.6 is 0 Å². The Hall–Kier alpha value is -2.42. The van der Waals surface area contributed by atoms with Crippen LogP contribution in [0.3, 0.4) is 0 Å². The summed E-state index contributed by atoms with van der Waals surface area (Å²) in [5, 5.41) is 5.76. The number of hydrogen-bond donors (Lipinski definition) is 0. The lowest BCUT2D eigenvalue weighted by atomic mass is 10.2. The van der Waals surface area contributed by atoms with Gasteiger partial charge in [0.2, 0.25) is 0 Å². The number of benzene rings is 1. The largest absolute Gasteiger partial charge is 0.333 e. The molecule has 76 valence electrons. The summed E-state index contributed by atoms with van der Waals surface area (Å²) in [6, 6.07) is 8.55. The molecule has 0 aromatic heterocycles. The topological polar surface area (TPSA) is 77.3 Å². The van der Waals surface area contributed by atoms with Crippen molar-refractivity contribution >= 4 is 12.2 Å². The standard InChI is InChI=1S/C9H6N2O4/c12-6-10-14-9(15-11-7-13)8-4-2-1-3-5-8/h1-5,9H. The maximum Gasteiger partial charge on any atom is 0.317 e. The highest BCUT2D eigenvalue weighted by Gasteiger charge is 2.13. The smallest absolute Gasteiger partial charge is 0.317 e. The van der Waals surface area contributed by atoms with Crippen LogP contribution in [0, 0.1) is 0 Å². The molecule has 0 heterocycles. The molecular weight excluding hydrogens is 200 g/mol. The van der Waals surface area contributed by atoms with Crippen molar-refractivity contribution in [2.24, 2.45) is 10.3 Å². The maximum absolute atomic E-state index is 9.83. The molecule has 1 aromatic rings. The highest BCUT2D eigenvalue weighted by atomic mass is 16.8. The fourth-order valence-electron chi connectivity index (χ4n) is 0.890. The van der Waals surface area contributed by atoms with E-state index in [1.54, 1.807) is 30.3 Å². The molecule has 0 N–H and O–H groups in total. The predicted octanol–water partition coefficient (Wildman–Crippen LogP) is 1.22. The van der Waals surface area contributed by atoms with Gasteiger partial charge >= 0.3 is 6.29 Å². The van der Waals surface area contributed by atoms with Gasteiger partial charge < -0.3 is 9.68 Å². The quantitative estimate of drug-likeness (QED) is 0.314. The molecule has 0 spiro atoms. The summed E-state index contributed by atoms with van der Waals surface area (Å²) in [5.41, 5.74) is 0.551. The van der Waals surface area contributed by atoms with Crippen LogP contribution in [0.25, 0.3) is 0 Å². The molecule has 0 aliphatic carbocycles. The zero-order valence-electron chi connectivity index (χ0n) is 7.49.